The lowest BCUT2D eigenvalue weighted by atomic mass is 10.2. The van der Waals surface area contributed by atoms with E-state index in [9.17, 15) is 4.79 Å². The van der Waals surface area contributed by atoms with Crippen molar-refractivity contribution in [3.05, 3.63) is 0 Å². The maximum absolute atomic E-state index is 10.6. The average Bonchev–Trinajstić information content (AvgIpc) is 2.14. The number of hydrogen-bond acceptors (Lipinski definition) is 1. The van der Waals surface area contributed by atoms with Gasteiger partial charge in [0.1, 0.15) is 0 Å². The molecule has 0 aliphatic heterocycles. The van der Waals surface area contributed by atoms with Crippen molar-refractivity contribution in [3.63, 3.8) is 0 Å². The van der Waals surface area contributed by atoms with Crippen molar-refractivity contribution in [2.45, 2.75) is 32.3 Å². The molecule has 0 aliphatic rings. The largest absolute Gasteiger partial charge is 0.481 e. The van der Waals surface area contributed by atoms with Gasteiger partial charge in [0.25, 0.3) is 0 Å². The van der Waals surface area contributed by atoms with Crippen LogP contribution < -0.4 is 0 Å². The lowest BCUT2D eigenvalue weighted by Gasteiger charge is -1.89. The number of aliphatic carboxylic acids is 1. The minimum Gasteiger partial charge on any atom is -0.481 e. The quantitative estimate of drug-likeness (QED) is 0.623. The van der Waals surface area contributed by atoms with Gasteiger partial charge in [-0.15, -0.1) is 0 Å². The molecule has 0 spiro atoms. The normalized spacial score (nSPS) is 38.2. The molecule has 0 aromatic rings. The fourth-order valence-corrected chi connectivity index (χ4v) is 0.116. The molecule has 0 unspecified atom stereocenters. The summed E-state index contributed by atoms with van der Waals surface area (Å²) >= 11 is 0. The van der Waals surface area contributed by atoms with Gasteiger partial charge in [0.05, 0.1) is 0 Å². The minimum absolute atomic E-state index is 2.36. The van der Waals surface area contributed by atoms with Crippen molar-refractivity contribution < 1.29 is 25.0 Å². The van der Waals surface area contributed by atoms with Crippen molar-refractivity contribution in [1.82, 2.24) is 0 Å². The van der Waals surface area contributed by atoms with Gasteiger partial charge in [-0.25, -0.2) is 0 Å². The maximum Gasteiger partial charge on any atom is 0.303 e. The summed E-state index contributed by atoms with van der Waals surface area (Å²) in [7, 11) is 0. The summed E-state index contributed by atoms with van der Waals surface area (Å²) in [6.45, 7) is -3.60. The molecule has 48 valence electrons. The molecular weight excluding hydrogens is 104 g/mol. The molecule has 2 heteroatoms. The summed E-state index contributed by atoms with van der Waals surface area (Å²) in [5, 5.41) is 8.56. The zero-order valence-electron chi connectivity index (χ0n) is 14.9. The van der Waals surface area contributed by atoms with Crippen molar-refractivity contribution in [2.24, 2.45) is 0 Å². The van der Waals surface area contributed by atoms with Gasteiger partial charge in [-0.2, -0.15) is 0 Å². The molecule has 0 heterocycles. The Kier molecular flexibility index (Phi) is 0.592. The molecule has 1 N–H and O–H groups in total. The molecule has 0 amide bonds. The van der Waals surface area contributed by atoms with E-state index in [1.54, 1.807) is 0 Å². The van der Waals surface area contributed by atoms with E-state index in [0.29, 0.717) is 0 Å². The number of rotatable bonds is 4. The van der Waals surface area contributed by atoms with Gasteiger partial charge in [-0.05, 0) is 6.37 Å². The van der Waals surface area contributed by atoms with Crippen molar-refractivity contribution in [3.8, 4) is 0 Å². The van der Waals surface area contributed by atoms with Gasteiger partial charge < -0.3 is 5.11 Å². The Morgan fingerprint density at radius 2 is 2.62 bits per heavy atom. The summed E-state index contributed by atoms with van der Waals surface area (Å²) in [5.41, 5.74) is 0. The van der Waals surface area contributed by atoms with E-state index in [1.807, 2.05) is 0 Å². The van der Waals surface area contributed by atoms with Crippen LogP contribution in [0.3, 0.4) is 0 Å². The molecule has 2 nitrogen and oxygen atoms in total. The van der Waals surface area contributed by atoms with Crippen LogP contribution in [0.2, 0.25) is 0 Å². The van der Waals surface area contributed by atoms with Gasteiger partial charge in [0.2, 0.25) is 0 Å². The Morgan fingerprint density at radius 1 is 1.88 bits per heavy atom. The molecule has 0 bridgehead atoms. The molecule has 0 aromatic carbocycles. The van der Waals surface area contributed by atoms with Crippen molar-refractivity contribution in [1.29, 1.82) is 0 Å². The standard InChI is InChI=1S/C6H12O2/c1-2-3-4-5-6(7)8/h2-5H2,1H3,(H,7,8)/i1D3,2D2,3D2,4D2,5D2. The average molecular weight is 127 g/mol. The third-order valence-corrected chi connectivity index (χ3v) is 0.294. The van der Waals surface area contributed by atoms with Crippen LogP contribution in [-0.2, 0) is 4.79 Å². The highest BCUT2D eigenvalue weighted by Gasteiger charge is 1.92. The van der Waals surface area contributed by atoms with Crippen molar-refractivity contribution in [2.75, 3.05) is 0 Å². The first-order chi connectivity index (χ1) is 7.94. The second-order valence-corrected chi connectivity index (χ2v) is 0.805. The molecular formula is C6H12O2. The smallest absolute Gasteiger partial charge is 0.303 e. The van der Waals surface area contributed by atoms with Gasteiger partial charge in [-0.3, -0.25) is 4.79 Å². The molecule has 0 radical (unpaired) electrons. The van der Waals surface area contributed by atoms with Gasteiger partial charge in [-0.1, -0.05) is 19.6 Å². The summed E-state index contributed by atoms with van der Waals surface area (Å²) in [6, 6.07) is 0. The van der Waals surface area contributed by atoms with Gasteiger partial charge >= 0.3 is 5.97 Å². The SMILES string of the molecule is [2H]C([2H])([2H])C([2H])([2H])C([2H])([2H])C([2H])([2H])C([2H])([2H])C(=O)O. The number of carbonyl (C=O) groups is 1. The van der Waals surface area contributed by atoms with E-state index in [2.05, 4.69) is 0 Å². The highest BCUT2D eigenvalue weighted by atomic mass is 16.4. The summed E-state index contributed by atoms with van der Waals surface area (Å²) in [5.74, 6) is -2.36. The van der Waals surface area contributed by atoms with Crippen LogP contribution in [0.4, 0.5) is 0 Å². The lowest BCUT2D eigenvalue weighted by molar-refractivity contribution is -0.137. The number of hydrogen-bond donors (Lipinski definition) is 1. The van der Waals surface area contributed by atoms with Crippen LogP contribution in [0.25, 0.3) is 0 Å². The second kappa shape index (κ2) is 4.62. The van der Waals surface area contributed by atoms with E-state index >= 15 is 0 Å². The summed E-state index contributed by atoms with van der Waals surface area (Å²) in [4.78, 5) is 10.6. The third kappa shape index (κ3) is 5.47. The summed E-state index contributed by atoms with van der Waals surface area (Å²) < 4.78 is 78.1. The Balaban J connectivity index is 5.99. The number of carboxylic acids is 1. The molecule has 0 aliphatic carbocycles. The Labute approximate surface area is 65.0 Å². The maximum atomic E-state index is 10.6. The molecule has 0 aromatic heterocycles. The van der Waals surface area contributed by atoms with Gasteiger partial charge in [0.15, 0.2) is 0 Å². The molecule has 0 saturated carbocycles. The van der Waals surface area contributed by atoms with E-state index in [0.717, 1.165) is 0 Å². The fraction of sp³-hybridized carbons (Fsp3) is 0.833. The highest BCUT2D eigenvalue weighted by Crippen LogP contribution is 1.97. The van der Waals surface area contributed by atoms with E-state index in [4.69, 9.17) is 20.2 Å². The Morgan fingerprint density at radius 3 is 3.12 bits per heavy atom. The predicted octanol–water partition coefficient (Wildman–Crippen LogP) is 1.65. The van der Waals surface area contributed by atoms with E-state index in [1.165, 1.54) is 0 Å². The predicted molar refractivity (Wildman–Crippen MR) is 31.8 cm³/mol. The second-order valence-electron chi connectivity index (χ2n) is 0.805. The van der Waals surface area contributed by atoms with Crippen LogP contribution >= 0.6 is 0 Å². The van der Waals surface area contributed by atoms with Crippen LogP contribution in [0, 0.1) is 0 Å². The monoisotopic (exact) mass is 127 g/mol. The van der Waals surface area contributed by atoms with Crippen LogP contribution in [0.15, 0.2) is 0 Å². The van der Waals surface area contributed by atoms with Crippen LogP contribution in [0.5, 0.6) is 0 Å². The third-order valence-electron chi connectivity index (χ3n) is 0.294. The summed E-state index contributed by atoms with van der Waals surface area (Å²) in [6.07, 6.45) is -15.4. The fourth-order valence-electron chi connectivity index (χ4n) is 0.116. The molecule has 0 atom stereocenters. The first-order valence-corrected chi connectivity index (χ1v) is 1.68. The Bertz CT molecular complexity index is 368. The van der Waals surface area contributed by atoms with E-state index in [-0.39, 0.29) is 0 Å². The Hall–Kier alpha value is -0.530. The number of carboxylic acid groups (broad SMARTS) is 1. The first-order valence-electron chi connectivity index (χ1n) is 7.18. The zero-order chi connectivity index (χ0) is 16.1. The van der Waals surface area contributed by atoms with E-state index < -0.39 is 38.3 Å². The van der Waals surface area contributed by atoms with Crippen LogP contribution in [-0.4, -0.2) is 11.1 Å². The molecule has 0 saturated heterocycles. The zero-order valence-corrected chi connectivity index (χ0v) is 3.86. The van der Waals surface area contributed by atoms with Crippen LogP contribution in [0.1, 0.15) is 47.4 Å². The molecule has 0 rings (SSSR count). The van der Waals surface area contributed by atoms with Crippen molar-refractivity contribution >= 4 is 5.97 Å². The first kappa shape index (κ1) is 1.02. The minimum atomic E-state index is -3.91. The highest BCUT2D eigenvalue weighted by molar-refractivity contribution is 5.66. The topological polar surface area (TPSA) is 37.3 Å². The molecule has 8 heavy (non-hydrogen) atoms. The van der Waals surface area contributed by atoms with Gasteiger partial charge in [0, 0.05) is 21.5 Å². The lowest BCUT2D eigenvalue weighted by Crippen LogP contribution is -1.92. The molecule has 0 fully saturated rings.